The molecule has 0 saturated carbocycles. The SMILES string of the molecule is Cc1cc(N[C@@H]2CCNC2)cc2cccnc12.Cl. The second-order valence-electron chi connectivity index (χ2n) is 4.70. The van der Waals surface area contributed by atoms with E-state index in [-0.39, 0.29) is 12.4 Å². The number of aromatic nitrogens is 1. The van der Waals surface area contributed by atoms with Crippen LogP contribution in [-0.4, -0.2) is 24.1 Å². The van der Waals surface area contributed by atoms with Crippen LogP contribution < -0.4 is 10.6 Å². The Morgan fingerprint density at radius 2 is 2.28 bits per heavy atom. The van der Waals surface area contributed by atoms with Crippen molar-refractivity contribution in [2.24, 2.45) is 0 Å². The van der Waals surface area contributed by atoms with Crippen LogP contribution in [0.4, 0.5) is 5.69 Å². The molecule has 1 fully saturated rings. The average Bonchev–Trinajstić information content (AvgIpc) is 2.82. The van der Waals surface area contributed by atoms with Crippen LogP contribution >= 0.6 is 12.4 Å². The summed E-state index contributed by atoms with van der Waals surface area (Å²) in [7, 11) is 0. The predicted octanol–water partition coefficient (Wildman–Crippen LogP) is 2.74. The Morgan fingerprint density at radius 3 is 3.06 bits per heavy atom. The topological polar surface area (TPSA) is 37.0 Å². The molecule has 0 spiro atoms. The largest absolute Gasteiger partial charge is 0.381 e. The van der Waals surface area contributed by atoms with Crippen molar-refractivity contribution in [1.29, 1.82) is 0 Å². The lowest BCUT2D eigenvalue weighted by atomic mass is 10.1. The maximum Gasteiger partial charge on any atom is 0.0732 e. The highest BCUT2D eigenvalue weighted by atomic mass is 35.5. The molecule has 96 valence electrons. The third-order valence-corrected chi connectivity index (χ3v) is 3.33. The van der Waals surface area contributed by atoms with Crippen molar-refractivity contribution in [2.75, 3.05) is 18.4 Å². The zero-order chi connectivity index (χ0) is 11.7. The van der Waals surface area contributed by atoms with Crippen LogP contribution in [0.5, 0.6) is 0 Å². The lowest BCUT2D eigenvalue weighted by Crippen LogP contribution is -2.22. The van der Waals surface area contributed by atoms with Gasteiger partial charge in [0.25, 0.3) is 0 Å². The van der Waals surface area contributed by atoms with Gasteiger partial charge < -0.3 is 10.6 Å². The molecule has 0 radical (unpaired) electrons. The summed E-state index contributed by atoms with van der Waals surface area (Å²) in [6, 6.07) is 9.04. The summed E-state index contributed by atoms with van der Waals surface area (Å²) in [6.07, 6.45) is 3.05. The zero-order valence-electron chi connectivity index (χ0n) is 10.4. The number of rotatable bonds is 2. The van der Waals surface area contributed by atoms with E-state index in [2.05, 4.69) is 40.7 Å². The second-order valence-corrected chi connectivity index (χ2v) is 4.70. The molecule has 1 atom stereocenters. The Kier molecular flexibility index (Phi) is 4.04. The van der Waals surface area contributed by atoms with Gasteiger partial charge in [0.2, 0.25) is 0 Å². The third kappa shape index (κ3) is 2.57. The van der Waals surface area contributed by atoms with Crippen LogP contribution in [0.15, 0.2) is 30.5 Å². The van der Waals surface area contributed by atoms with E-state index >= 15 is 0 Å². The van der Waals surface area contributed by atoms with E-state index in [0.29, 0.717) is 6.04 Å². The Bertz CT molecular complexity index is 536. The number of halogens is 1. The minimum absolute atomic E-state index is 0. The van der Waals surface area contributed by atoms with Crippen molar-refractivity contribution < 1.29 is 0 Å². The normalized spacial score (nSPS) is 18.6. The highest BCUT2D eigenvalue weighted by Crippen LogP contribution is 2.22. The minimum Gasteiger partial charge on any atom is -0.381 e. The maximum atomic E-state index is 4.41. The van der Waals surface area contributed by atoms with Crippen molar-refractivity contribution in [3.8, 4) is 0 Å². The van der Waals surface area contributed by atoms with Gasteiger partial charge in [-0.3, -0.25) is 4.98 Å². The molecule has 0 bridgehead atoms. The maximum absolute atomic E-state index is 4.41. The predicted molar refractivity (Wildman–Crippen MR) is 78.6 cm³/mol. The lowest BCUT2D eigenvalue weighted by Gasteiger charge is -2.14. The van der Waals surface area contributed by atoms with Gasteiger partial charge in [0.1, 0.15) is 0 Å². The number of nitrogens with one attached hydrogen (secondary N) is 2. The number of aryl methyl sites for hydroxylation is 1. The molecule has 1 saturated heterocycles. The van der Waals surface area contributed by atoms with Crippen LogP contribution in [0.25, 0.3) is 10.9 Å². The summed E-state index contributed by atoms with van der Waals surface area (Å²) in [6.45, 7) is 4.29. The molecule has 18 heavy (non-hydrogen) atoms. The summed E-state index contributed by atoms with van der Waals surface area (Å²) >= 11 is 0. The highest BCUT2D eigenvalue weighted by Gasteiger charge is 2.14. The molecule has 0 unspecified atom stereocenters. The van der Waals surface area contributed by atoms with E-state index in [9.17, 15) is 0 Å². The van der Waals surface area contributed by atoms with Crippen molar-refractivity contribution in [1.82, 2.24) is 10.3 Å². The summed E-state index contributed by atoms with van der Waals surface area (Å²) in [5.41, 5.74) is 3.54. The van der Waals surface area contributed by atoms with Gasteiger partial charge in [-0.1, -0.05) is 6.07 Å². The van der Waals surface area contributed by atoms with E-state index in [4.69, 9.17) is 0 Å². The van der Waals surface area contributed by atoms with Gasteiger partial charge in [0.05, 0.1) is 5.52 Å². The first kappa shape index (κ1) is 13.1. The number of nitrogens with zero attached hydrogens (tertiary/aromatic N) is 1. The van der Waals surface area contributed by atoms with Gasteiger partial charge in [-0.2, -0.15) is 0 Å². The molecular weight excluding hydrogens is 246 g/mol. The third-order valence-electron chi connectivity index (χ3n) is 3.33. The van der Waals surface area contributed by atoms with Gasteiger partial charge >= 0.3 is 0 Å². The first-order chi connectivity index (χ1) is 8.33. The molecular formula is C14H18ClN3. The molecule has 1 aromatic carbocycles. The van der Waals surface area contributed by atoms with Crippen molar-refractivity contribution in [3.63, 3.8) is 0 Å². The van der Waals surface area contributed by atoms with Crippen LogP contribution in [0, 0.1) is 6.92 Å². The van der Waals surface area contributed by atoms with E-state index in [1.807, 2.05) is 12.3 Å². The summed E-state index contributed by atoms with van der Waals surface area (Å²) in [5, 5.41) is 8.16. The number of fused-ring (bicyclic) bond motifs is 1. The summed E-state index contributed by atoms with van der Waals surface area (Å²) in [5.74, 6) is 0. The number of benzene rings is 1. The first-order valence-corrected chi connectivity index (χ1v) is 6.15. The average molecular weight is 264 g/mol. The van der Waals surface area contributed by atoms with Gasteiger partial charge in [-0.05, 0) is 43.7 Å². The molecule has 2 heterocycles. The van der Waals surface area contributed by atoms with E-state index < -0.39 is 0 Å². The molecule has 1 aliphatic heterocycles. The Hall–Kier alpha value is -1.32. The van der Waals surface area contributed by atoms with E-state index in [0.717, 1.165) is 18.6 Å². The molecule has 0 aliphatic carbocycles. The molecule has 3 rings (SSSR count). The molecule has 4 heteroatoms. The molecule has 3 nitrogen and oxygen atoms in total. The van der Waals surface area contributed by atoms with Crippen LogP contribution in [-0.2, 0) is 0 Å². The zero-order valence-corrected chi connectivity index (χ0v) is 11.3. The molecule has 0 amide bonds. The van der Waals surface area contributed by atoms with Gasteiger partial charge in [-0.25, -0.2) is 0 Å². The fourth-order valence-electron chi connectivity index (χ4n) is 2.47. The number of hydrogen-bond acceptors (Lipinski definition) is 3. The molecule has 2 N–H and O–H groups in total. The lowest BCUT2D eigenvalue weighted by molar-refractivity contribution is 0.793. The Labute approximate surface area is 113 Å². The quantitative estimate of drug-likeness (QED) is 0.875. The number of pyridine rings is 1. The first-order valence-electron chi connectivity index (χ1n) is 6.15. The fourth-order valence-corrected chi connectivity index (χ4v) is 2.47. The Morgan fingerprint density at radius 1 is 1.39 bits per heavy atom. The van der Waals surface area contributed by atoms with Gasteiger partial charge in [-0.15, -0.1) is 12.4 Å². The van der Waals surface area contributed by atoms with Crippen molar-refractivity contribution in [3.05, 3.63) is 36.0 Å². The van der Waals surface area contributed by atoms with Crippen LogP contribution in [0.2, 0.25) is 0 Å². The number of anilines is 1. The van der Waals surface area contributed by atoms with Crippen LogP contribution in [0.3, 0.4) is 0 Å². The summed E-state index contributed by atoms with van der Waals surface area (Å²) < 4.78 is 0. The monoisotopic (exact) mass is 263 g/mol. The molecule has 1 aromatic heterocycles. The second kappa shape index (κ2) is 5.55. The van der Waals surface area contributed by atoms with E-state index in [1.54, 1.807) is 0 Å². The van der Waals surface area contributed by atoms with Gasteiger partial charge in [0, 0.05) is 29.9 Å². The smallest absolute Gasteiger partial charge is 0.0732 e. The number of hydrogen-bond donors (Lipinski definition) is 2. The van der Waals surface area contributed by atoms with E-state index in [1.165, 1.54) is 23.1 Å². The standard InChI is InChI=1S/C14H17N3.ClH/c1-10-7-13(17-12-4-6-15-9-12)8-11-3-2-5-16-14(10)11;/h2-3,5,7-8,12,15,17H,4,6,9H2,1H3;1H/t12-;/m1./s1. The summed E-state index contributed by atoms with van der Waals surface area (Å²) in [4.78, 5) is 4.41. The van der Waals surface area contributed by atoms with Crippen LogP contribution in [0.1, 0.15) is 12.0 Å². The fraction of sp³-hybridized carbons (Fsp3) is 0.357. The highest BCUT2D eigenvalue weighted by molar-refractivity contribution is 5.85. The van der Waals surface area contributed by atoms with Crippen molar-refractivity contribution >= 4 is 29.0 Å². The minimum atomic E-state index is 0. The Balaban J connectivity index is 0.00000120. The molecule has 2 aromatic rings. The van der Waals surface area contributed by atoms with Gasteiger partial charge in [0.15, 0.2) is 0 Å². The molecule has 1 aliphatic rings. The van der Waals surface area contributed by atoms with Crippen molar-refractivity contribution in [2.45, 2.75) is 19.4 Å².